The smallest absolute Gasteiger partial charge is 0.306 e. The molecule has 0 aromatic heterocycles. The summed E-state index contributed by atoms with van der Waals surface area (Å²) in [6.45, 7) is -0.251. The molecular weight excluding hydrogens is 366 g/mol. The lowest BCUT2D eigenvalue weighted by Gasteiger charge is -2.38. The first-order chi connectivity index (χ1) is 12.9. The minimum absolute atomic E-state index is 0.0469. The molecule has 0 radical (unpaired) electrons. The summed E-state index contributed by atoms with van der Waals surface area (Å²) in [7, 11) is -3.06. The van der Waals surface area contributed by atoms with Crippen molar-refractivity contribution < 1.29 is 22.7 Å². The summed E-state index contributed by atoms with van der Waals surface area (Å²) in [5.41, 5.74) is 0. The molecule has 1 atom stereocenters. The van der Waals surface area contributed by atoms with E-state index in [-0.39, 0.29) is 42.1 Å². The monoisotopic (exact) mass is 399 g/mol. The van der Waals surface area contributed by atoms with Crippen LogP contribution in [0.4, 0.5) is 0 Å². The zero-order valence-corrected chi connectivity index (χ0v) is 17.1. The largest absolute Gasteiger partial charge is 0.456 e. The maximum absolute atomic E-state index is 12.9. The van der Waals surface area contributed by atoms with E-state index in [0.717, 1.165) is 44.9 Å². The summed E-state index contributed by atoms with van der Waals surface area (Å²) >= 11 is 0. The lowest BCUT2D eigenvalue weighted by molar-refractivity contribution is -0.155. The minimum atomic E-state index is -3.06. The highest BCUT2D eigenvalue weighted by Crippen LogP contribution is 2.29. The van der Waals surface area contributed by atoms with Crippen LogP contribution in [0.15, 0.2) is 0 Å². The molecular formula is C20H33NO5S. The Morgan fingerprint density at radius 1 is 0.852 bits per heavy atom. The number of esters is 1. The Bertz CT molecular complexity index is 620. The molecule has 1 heterocycles. The molecule has 0 aromatic rings. The van der Waals surface area contributed by atoms with Gasteiger partial charge >= 0.3 is 5.97 Å². The molecule has 1 amide bonds. The van der Waals surface area contributed by atoms with Gasteiger partial charge in [-0.15, -0.1) is 0 Å². The quantitative estimate of drug-likeness (QED) is 0.642. The number of nitrogens with zero attached hydrogens (tertiary/aromatic N) is 1. The summed E-state index contributed by atoms with van der Waals surface area (Å²) in [5, 5.41) is 0. The molecule has 0 spiro atoms. The summed E-state index contributed by atoms with van der Waals surface area (Å²) in [4.78, 5) is 26.8. The van der Waals surface area contributed by atoms with Gasteiger partial charge in [0.05, 0.1) is 11.5 Å². The first-order valence-corrected chi connectivity index (χ1v) is 12.4. The summed E-state index contributed by atoms with van der Waals surface area (Å²) in [5.74, 6) is 0.0654. The van der Waals surface area contributed by atoms with Gasteiger partial charge in [-0.1, -0.05) is 38.5 Å². The maximum atomic E-state index is 12.9. The van der Waals surface area contributed by atoms with Gasteiger partial charge in [0.15, 0.2) is 16.4 Å². The fourth-order valence-corrected chi connectivity index (χ4v) is 6.67. The van der Waals surface area contributed by atoms with Crippen molar-refractivity contribution >= 4 is 21.7 Å². The molecule has 0 N–H and O–H groups in total. The number of ether oxygens (including phenoxy) is 1. The van der Waals surface area contributed by atoms with Crippen LogP contribution in [0.2, 0.25) is 0 Å². The van der Waals surface area contributed by atoms with Crippen LogP contribution >= 0.6 is 0 Å². The molecule has 1 aliphatic heterocycles. The number of sulfone groups is 1. The van der Waals surface area contributed by atoms with E-state index in [0.29, 0.717) is 18.8 Å². The fourth-order valence-electron chi connectivity index (χ4n) is 4.96. The van der Waals surface area contributed by atoms with Gasteiger partial charge in [-0.05, 0) is 38.0 Å². The molecule has 6 nitrogen and oxygen atoms in total. The van der Waals surface area contributed by atoms with Gasteiger partial charge < -0.3 is 9.64 Å². The van der Waals surface area contributed by atoms with Crippen molar-refractivity contribution in [2.45, 2.75) is 89.1 Å². The molecule has 154 valence electrons. The highest BCUT2D eigenvalue weighted by Gasteiger charge is 2.38. The zero-order valence-electron chi connectivity index (χ0n) is 16.2. The molecule has 1 unspecified atom stereocenters. The van der Waals surface area contributed by atoms with Crippen LogP contribution in [0.5, 0.6) is 0 Å². The molecule has 0 bridgehead atoms. The van der Waals surface area contributed by atoms with Crippen molar-refractivity contribution in [2.75, 3.05) is 18.1 Å². The number of amides is 1. The molecule has 2 saturated carbocycles. The minimum Gasteiger partial charge on any atom is -0.456 e. The summed E-state index contributed by atoms with van der Waals surface area (Å²) < 4.78 is 29.1. The van der Waals surface area contributed by atoms with E-state index in [1.807, 2.05) is 0 Å². The van der Waals surface area contributed by atoms with Crippen molar-refractivity contribution in [3.05, 3.63) is 0 Å². The predicted octanol–water partition coefficient (Wildman–Crippen LogP) is 2.85. The maximum Gasteiger partial charge on any atom is 0.306 e. The molecule has 1 saturated heterocycles. The van der Waals surface area contributed by atoms with Gasteiger partial charge in [0.1, 0.15) is 0 Å². The number of hydrogen-bond acceptors (Lipinski definition) is 5. The lowest BCUT2D eigenvalue weighted by Crippen LogP contribution is -2.50. The summed E-state index contributed by atoms with van der Waals surface area (Å²) in [6.07, 6.45) is 11.7. The third-order valence-electron chi connectivity index (χ3n) is 6.39. The fraction of sp³-hybridized carbons (Fsp3) is 0.900. The average molecular weight is 400 g/mol. The van der Waals surface area contributed by atoms with Crippen LogP contribution in [-0.2, 0) is 24.2 Å². The van der Waals surface area contributed by atoms with Crippen molar-refractivity contribution in [2.24, 2.45) is 5.92 Å². The summed E-state index contributed by atoms with van der Waals surface area (Å²) in [6, 6.07) is -0.177. The van der Waals surface area contributed by atoms with E-state index in [4.69, 9.17) is 4.74 Å². The van der Waals surface area contributed by atoms with E-state index in [1.165, 1.54) is 19.3 Å². The van der Waals surface area contributed by atoms with Crippen molar-refractivity contribution in [3.63, 3.8) is 0 Å². The van der Waals surface area contributed by atoms with E-state index < -0.39 is 9.84 Å². The zero-order chi connectivity index (χ0) is 19.3. The molecule has 2 aliphatic carbocycles. The highest BCUT2D eigenvalue weighted by atomic mass is 32.2. The van der Waals surface area contributed by atoms with Gasteiger partial charge in [-0.25, -0.2) is 8.42 Å². The average Bonchev–Trinajstić information content (AvgIpc) is 3.01. The Hall–Kier alpha value is -1.11. The van der Waals surface area contributed by atoms with Crippen molar-refractivity contribution in [1.82, 2.24) is 4.90 Å². The van der Waals surface area contributed by atoms with E-state index in [2.05, 4.69) is 0 Å². The number of carbonyl (C=O) groups excluding carboxylic acids is 2. The van der Waals surface area contributed by atoms with Crippen LogP contribution in [0.25, 0.3) is 0 Å². The molecule has 27 heavy (non-hydrogen) atoms. The third kappa shape index (κ3) is 5.93. The van der Waals surface area contributed by atoms with Gasteiger partial charge in [0.2, 0.25) is 0 Å². The normalized spacial score (nSPS) is 26.6. The number of carbonyl (C=O) groups is 2. The molecule has 0 aromatic carbocycles. The number of hydrogen-bond donors (Lipinski definition) is 0. The molecule has 3 fully saturated rings. The van der Waals surface area contributed by atoms with E-state index in [9.17, 15) is 18.0 Å². The Morgan fingerprint density at radius 2 is 1.48 bits per heavy atom. The Kier molecular flexibility index (Phi) is 7.17. The first kappa shape index (κ1) is 20.6. The van der Waals surface area contributed by atoms with Crippen LogP contribution in [0.3, 0.4) is 0 Å². The lowest BCUT2D eigenvalue weighted by atomic mass is 9.87. The van der Waals surface area contributed by atoms with Crippen molar-refractivity contribution in [1.29, 1.82) is 0 Å². The molecule has 7 heteroatoms. The van der Waals surface area contributed by atoms with Gasteiger partial charge in [0.25, 0.3) is 5.91 Å². The first-order valence-electron chi connectivity index (χ1n) is 10.6. The molecule has 3 aliphatic rings. The Balaban J connectivity index is 1.56. The van der Waals surface area contributed by atoms with Crippen LogP contribution in [0, 0.1) is 5.92 Å². The predicted molar refractivity (Wildman–Crippen MR) is 103 cm³/mol. The third-order valence-corrected chi connectivity index (χ3v) is 8.14. The number of rotatable bonds is 6. The second kappa shape index (κ2) is 9.39. The SMILES string of the molecule is O=C(CC1CCCCC1)OCC(=O)N(C1CCCCC1)C1CCS(=O)(=O)C1. The standard InChI is InChI=1S/C20H33NO5S/c22-19(14-26-20(23)13-16-7-3-1-4-8-16)21(17-9-5-2-6-10-17)18-11-12-27(24,25)15-18/h16-18H,1-15H2. The van der Waals surface area contributed by atoms with Crippen molar-refractivity contribution in [3.8, 4) is 0 Å². The second-order valence-corrected chi connectivity index (χ2v) is 10.7. The van der Waals surface area contributed by atoms with E-state index >= 15 is 0 Å². The van der Waals surface area contributed by atoms with Gasteiger partial charge in [-0.3, -0.25) is 9.59 Å². The highest BCUT2D eigenvalue weighted by molar-refractivity contribution is 7.91. The van der Waals surface area contributed by atoms with Crippen LogP contribution in [0.1, 0.15) is 77.0 Å². The Labute approximate surface area is 162 Å². The van der Waals surface area contributed by atoms with Crippen LogP contribution in [-0.4, -0.2) is 55.4 Å². The second-order valence-electron chi connectivity index (χ2n) is 8.52. The van der Waals surface area contributed by atoms with E-state index in [1.54, 1.807) is 4.90 Å². The van der Waals surface area contributed by atoms with Gasteiger partial charge in [0, 0.05) is 18.5 Å². The topological polar surface area (TPSA) is 80.8 Å². The Morgan fingerprint density at radius 3 is 2.07 bits per heavy atom. The van der Waals surface area contributed by atoms with Crippen LogP contribution < -0.4 is 0 Å². The van der Waals surface area contributed by atoms with Gasteiger partial charge in [-0.2, -0.15) is 0 Å². The molecule has 3 rings (SSSR count).